The van der Waals surface area contributed by atoms with Gasteiger partial charge in [-0.2, -0.15) is 0 Å². The third-order valence-electron chi connectivity index (χ3n) is 0. The third-order valence-corrected chi connectivity index (χ3v) is 0. The van der Waals surface area contributed by atoms with Crippen molar-refractivity contribution < 1.29 is 16.5 Å². The second-order valence-electron chi connectivity index (χ2n) is 0. The predicted octanol–water partition coefficient (Wildman–Crippen LogP) is 0.557. The molecule has 0 atom stereocenters. The van der Waals surface area contributed by atoms with Crippen molar-refractivity contribution >= 4 is 0 Å². The zero-order chi connectivity index (χ0) is 8.00. The van der Waals surface area contributed by atoms with Gasteiger partial charge in [0.15, 0.2) is 0 Å². The van der Waals surface area contributed by atoms with Crippen molar-refractivity contribution in [2.24, 2.45) is 0 Å². The molecule has 0 aromatic heterocycles. The van der Waals surface area contributed by atoms with Crippen LogP contribution in [0.2, 0.25) is 0 Å². The Labute approximate surface area is 64.5 Å². The van der Waals surface area contributed by atoms with Gasteiger partial charge >= 0.3 is 0 Å². The van der Waals surface area contributed by atoms with Crippen LogP contribution in [0.25, 0.3) is 0 Å². The molecule has 0 N–H and O–H groups in total. The monoisotopic (exact) mass is 166 g/mol. The van der Waals surface area contributed by atoms with Crippen LogP contribution in [0.4, 0.5) is 0 Å². The minimum Gasteiger partial charge on any atom is -0.202 e. The minimum atomic E-state index is 0. The standard InChI is InChI=1S/4CHN.Ni/c4*1-2;/h4*1H;. The molecule has 50 valence electrons. The molecule has 0 radical (unpaired) electrons. The summed E-state index contributed by atoms with van der Waals surface area (Å²) in [6.07, 6.45) is 0. The third kappa shape index (κ3) is 53.5. The fraction of sp³-hybridized carbons (Fsp3) is 0. The number of nitriles is 4. The molecule has 0 aliphatic heterocycles. The molecule has 0 amide bonds. The Morgan fingerprint density at radius 1 is 0.444 bits per heavy atom. The second-order valence-corrected chi connectivity index (χ2v) is 0. The maximum absolute atomic E-state index is 6.50. The normalized spacial score (nSPS) is 0.889. The molecule has 0 fully saturated rings. The Morgan fingerprint density at radius 3 is 0.444 bits per heavy atom. The van der Waals surface area contributed by atoms with Crippen LogP contribution in [0.15, 0.2) is 0 Å². The van der Waals surface area contributed by atoms with Gasteiger partial charge in [-0.3, -0.25) is 0 Å². The predicted molar refractivity (Wildman–Crippen MR) is 26.7 cm³/mol. The summed E-state index contributed by atoms with van der Waals surface area (Å²) in [5, 5.41) is 26.0. The molecule has 0 aliphatic carbocycles. The van der Waals surface area contributed by atoms with E-state index in [4.69, 9.17) is 21.0 Å². The topological polar surface area (TPSA) is 95.2 Å². The first kappa shape index (κ1) is 51.6. The smallest absolute Gasteiger partial charge is 0.0462 e. The van der Waals surface area contributed by atoms with Crippen molar-refractivity contribution in [3.05, 3.63) is 0 Å². The first-order valence-corrected chi connectivity index (χ1v) is 1.03. The van der Waals surface area contributed by atoms with Crippen molar-refractivity contribution in [2.75, 3.05) is 0 Å². The maximum atomic E-state index is 6.50. The van der Waals surface area contributed by atoms with E-state index in [-0.39, 0.29) is 16.5 Å². The van der Waals surface area contributed by atoms with E-state index >= 15 is 0 Å². The fourth-order valence-electron chi connectivity index (χ4n) is 0. The van der Waals surface area contributed by atoms with Gasteiger partial charge in [-0.1, -0.05) is 0 Å². The molecular formula is C4H4N4Ni. The van der Waals surface area contributed by atoms with E-state index in [1.807, 2.05) is 0 Å². The van der Waals surface area contributed by atoms with Crippen LogP contribution in [0.5, 0.6) is 0 Å². The summed E-state index contributed by atoms with van der Waals surface area (Å²) >= 11 is 0. The van der Waals surface area contributed by atoms with E-state index in [1.165, 1.54) is 0 Å². The molecule has 0 aromatic carbocycles. The molecule has 0 unspecified atom stereocenters. The van der Waals surface area contributed by atoms with Crippen molar-refractivity contribution in [3.63, 3.8) is 0 Å². The van der Waals surface area contributed by atoms with Gasteiger partial charge in [0, 0.05) is 42.8 Å². The average molecular weight is 167 g/mol. The quantitative estimate of drug-likeness (QED) is 0.492. The Morgan fingerprint density at radius 2 is 0.444 bits per heavy atom. The van der Waals surface area contributed by atoms with Gasteiger partial charge < -0.3 is 0 Å². The number of nitrogens with zero attached hydrogens (tertiary/aromatic N) is 4. The average Bonchev–Trinajstić information content (AvgIpc) is 2.03. The van der Waals surface area contributed by atoms with Crippen molar-refractivity contribution in [1.29, 1.82) is 21.0 Å². The SMILES string of the molecule is C#N.C#N.C#N.C#N.[Ni]. The van der Waals surface area contributed by atoms with E-state index < -0.39 is 0 Å². The molecule has 0 aromatic rings. The fourth-order valence-corrected chi connectivity index (χ4v) is 0. The Kier molecular flexibility index (Phi) is 460. The van der Waals surface area contributed by atoms with Gasteiger partial charge in [-0.05, 0) is 0 Å². The molecule has 9 heavy (non-hydrogen) atoms. The van der Waals surface area contributed by atoms with E-state index in [0.29, 0.717) is 0 Å². The number of rotatable bonds is 0. The molecule has 0 bridgehead atoms. The zero-order valence-electron chi connectivity index (χ0n) is 4.41. The maximum Gasteiger partial charge on any atom is 0.0462 e. The Hall–Kier alpha value is -1.55. The van der Waals surface area contributed by atoms with Crippen LogP contribution in [-0.2, 0) is 16.5 Å². The van der Waals surface area contributed by atoms with Crippen LogP contribution in [0.1, 0.15) is 0 Å². The molecule has 0 spiro atoms. The summed E-state index contributed by atoms with van der Waals surface area (Å²) in [7, 11) is 0. The summed E-state index contributed by atoms with van der Waals surface area (Å²) in [4.78, 5) is 0. The van der Waals surface area contributed by atoms with Crippen molar-refractivity contribution in [3.8, 4) is 26.3 Å². The summed E-state index contributed by atoms with van der Waals surface area (Å²) in [6, 6.07) is 0. The van der Waals surface area contributed by atoms with Crippen LogP contribution >= 0.6 is 0 Å². The first-order chi connectivity index (χ1) is 4.00. The molecule has 5 heteroatoms. The van der Waals surface area contributed by atoms with E-state index in [1.54, 1.807) is 0 Å². The van der Waals surface area contributed by atoms with E-state index in [9.17, 15) is 0 Å². The molecule has 0 saturated heterocycles. The summed E-state index contributed by atoms with van der Waals surface area (Å²) in [5.41, 5.74) is 0. The van der Waals surface area contributed by atoms with Gasteiger partial charge in [-0.15, -0.1) is 0 Å². The minimum absolute atomic E-state index is 0. The van der Waals surface area contributed by atoms with Gasteiger partial charge in [0.1, 0.15) is 0 Å². The molecule has 0 aliphatic rings. The molecule has 0 rings (SSSR count). The Bertz CT molecular complexity index is 55.5. The van der Waals surface area contributed by atoms with E-state index in [2.05, 4.69) is 26.3 Å². The molecule has 0 saturated carbocycles. The van der Waals surface area contributed by atoms with Crippen LogP contribution in [-0.4, -0.2) is 0 Å². The largest absolute Gasteiger partial charge is 0.202 e. The van der Waals surface area contributed by atoms with Gasteiger partial charge in [0.25, 0.3) is 0 Å². The number of hydrogen-bond acceptors (Lipinski definition) is 4. The van der Waals surface area contributed by atoms with Crippen LogP contribution in [0, 0.1) is 47.3 Å². The van der Waals surface area contributed by atoms with Crippen LogP contribution < -0.4 is 0 Å². The molecular weight excluding hydrogens is 163 g/mol. The second kappa shape index (κ2) is 80.3. The Balaban J connectivity index is -0.00000000762. The first-order valence-electron chi connectivity index (χ1n) is 1.03. The molecule has 4 nitrogen and oxygen atoms in total. The summed E-state index contributed by atoms with van der Waals surface area (Å²) in [6.45, 7) is 14.0. The van der Waals surface area contributed by atoms with Crippen molar-refractivity contribution in [2.45, 2.75) is 0 Å². The molecule has 0 heterocycles. The van der Waals surface area contributed by atoms with E-state index in [0.717, 1.165) is 0 Å². The van der Waals surface area contributed by atoms with Gasteiger partial charge in [-0.25, -0.2) is 21.0 Å². The number of hydrogen-bond donors (Lipinski definition) is 0. The van der Waals surface area contributed by atoms with Gasteiger partial charge in [0.2, 0.25) is 0 Å². The van der Waals surface area contributed by atoms with Crippen LogP contribution in [0.3, 0.4) is 0 Å². The van der Waals surface area contributed by atoms with Gasteiger partial charge in [0.05, 0.1) is 0 Å². The summed E-state index contributed by atoms with van der Waals surface area (Å²) < 4.78 is 0. The summed E-state index contributed by atoms with van der Waals surface area (Å²) in [5.74, 6) is 0. The van der Waals surface area contributed by atoms with Crippen molar-refractivity contribution in [1.82, 2.24) is 0 Å². The zero-order valence-corrected chi connectivity index (χ0v) is 5.40.